The second-order valence-corrected chi connectivity index (χ2v) is 8.78. The maximum atomic E-state index is 12.7. The van der Waals surface area contributed by atoms with Crippen LogP contribution in [0.1, 0.15) is 35.3 Å². The number of fused-ring (bicyclic) bond motifs is 1. The van der Waals surface area contributed by atoms with Crippen LogP contribution in [-0.4, -0.2) is 48.4 Å². The standard InChI is InChI=1S/C24H28N4O2.2ClH/c1-16-22(14-27-28-16)19-4-2-18-11-20(5-3-17(18)10-19)23(29)26-13-21-12-24(15-30-21)6-8-25-9-7-24;;/h2-5,10-11,14,21,25H,6-9,12-13,15H2,1H3,(H,26,29)(H,27,28);2*1H. The average Bonchev–Trinajstić information content (AvgIpc) is 3.38. The third-order valence-electron chi connectivity index (χ3n) is 6.68. The average molecular weight is 477 g/mol. The lowest BCUT2D eigenvalue weighted by Gasteiger charge is -2.32. The van der Waals surface area contributed by atoms with Gasteiger partial charge in [0, 0.05) is 23.4 Å². The van der Waals surface area contributed by atoms with Crippen LogP contribution in [0.25, 0.3) is 21.9 Å². The number of nitrogens with one attached hydrogen (secondary N) is 3. The van der Waals surface area contributed by atoms with Crippen LogP contribution in [0.3, 0.4) is 0 Å². The quantitative estimate of drug-likeness (QED) is 0.525. The number of carbonyl (C=O) groups is 1. The Balaban J connectivity index is 0.00000144. The highest BCUT2D eigenvalue weighted by Crippen LogP contribution is 2.40. The van der Waals surface area contributed by atoms with Crippen LogP contribution in [0, 0.1) is 12.3 Å². The number of amides is 1. The summed E-state index contributed by atoms with van der Waals surface area (Å²) in [7, 11) is 0. The van der Waals surface area contributed by atoms with E-state index in [9.17, 15) is 4.79 Å². The molecule has 2 fully saturated rings. The van der Waals surface area contributed by atoms with E-state index in [-0.39, 0.29) is 36.8 Å². The van der Waals surface area contributed by atoms with Gasteiger partial charge in [-0.25, -0.2) is 0 Å². The number of hydrogen-bond acceptors (Lipinski definition) is 4. The molecule has 2 aliphatic heterocycles. The van der Waals surface area contributed by atoms with Gasteiger partial charge in [-0.05, 0) is 79.2 Å². The molecule has 172 valence electrons. The Morgan fingerprint density at radius 2 is 1.91 bits per heavy atom. The first-order valence-electron chi connectivity index (χ1n) is 10.8. The fraction of sp³-hybridized carbons (Fsp3) is 0.417. The smallest absolute Gasteiger partial charge is 0.251 e. The fourth-order valence-corrected chi connectivity index (χ4v) is 4.84. The van der Waals surface area contributed by atoms with Gasteiger partial charge in [0.25, 0.3) is 5.91 Å². The molecule has 1 atom stereocenters. The van der Waals surface area contributed by atoms with Gasteiger partial charge < -0.3 is 15.4 Å². The summed E-state index contributed by atoms with van der Waals surface area (Å²) in [6, 6.07) is 12.1. The van der Waals surface area contributed by atoms with E-state index in [2.05, 4.69) is 39.0 Å². The number of ether oxygens (including phenoxy) is 1. The van der Waals surface area contributed by atoms with Crippen molar-refractivity contribution in [2.45, 2.75) is 32.3 Å². The number of aromatic nitrogens is 2. The molecule has 0 bridgehead atoms. The van der Waals surface area contributed by atoms with E-state index in [0.717, 1.165) is 53.7 Å². The number of rotatable bonds is 4. The lowest BCUT2D eigenvalue weighted by molar-refractivity contribution is 0.0781. The summed E-state index contributed by atoms with van der Waals surface area (Å²) in [4.78, 5) is 12.7. The number of carbonyl (C=O) groups excluding carboxylic acids is 1. The first kappa shape index (κ1) is 24.5. The Labute approximate surface area is 200 Å². The number of halogens is 2. The van der Waals surface area contributed by atoms with Crippen molar-refractivity contribution >= 4 is 41.5 Å². The summed E-state index contributed by atoms with van der Waals surface area (Å²) in [5.41, 5.74) is 4.27. The molecule has 1 unspecified atom stereocenters. The lowest BCUT2D eigenvalue weighted by atomic mass is 9.77. The molecular weight excluding hydrogens is 447 g/mol. The van der Waals surface area contributed by atoms with Gasteiger partial charge in [-0.1, -0.05) is 18.2 Å². The topological polar surface area (TPSA) is 79.0 Å². The van der Waals surface area contributed by atoms with Crippen molar-refractivity contribution in [3.63, 3.8) is 0 Å². The van der Waals surface area contributed by atoms with Crippen molar-refractivity contribution in [1.82, 2.24) is 20.8 Å². The molecule has 8 heteroatoms. The third kappa shape index (κ3) is 4.94. The van der Waals surface area contributed by atoms with Gasteiger partial charge in [0.1, 0.15) is 0 Å². The van der Waals surface area contributed by atoms with Gasteiger partial charge in [-0.2, -0.15) is 5.10 Å². The first-order valence-corrected chi connectivity index (χ1v) is 10.8. The van der Waals surface area contributed by atoms with Crippen LogP contribution < -0.4 is 10.6 Å². The molecule has 32 heavy (non-hydrogen) atoms. The van der Waals surface area contributed by atoms with Gasteiger partial charge in [0.05, 0.1) is 18.9 Å². The van der Waals surface area contributed by atoms with E-state index in [1.165, 1.54) is 12.8 Å². The Hall–Kier alpha value is -2.12. The van der Waals surface area contributed by atoms with Crippen LogP contribution in [0.4, 0.5) is 0 Å². The zero-order valence-corrected chi connectivity index (χ0v) is 19.8. The zero-order valence-electron chi connectivity index (χ0n) is 18.1. The molecule has 3 heterocycles. The third-order valence-corrected chi connectivity index (χ3v) is 6.68. The molecule has 1 aromatic heterocycles. The van der Waals surface area contributed by atoms with Crippen LogP contribution in [0.5, 0.6) is 0 Å². The number of H-pyrrole nitrogens is 1. The minimum atomic E-state index is -0.0403. The van der Waals surface area contributed by atoms with Crippen LogP contribution in [-0.2, 0) is 4.74 Å². The molecule has 2 aliphatic rings. The number of aryl methyl sites for hydroxylation is 1. The summed E-state index contributed by atoms with van der Waals surface area (Å²) in [5, 5.41) is 15.7. The number of nitrogens with zero attached hydrogens (tertiary/aromatic N) is 1. The first-order chi connectivity index (χ1) is 14.6. The maximum Gasteiger partial charge on any atom is 0.251 e. The minimum absolute atomic E-state index is 0. The molecule has 3 aromatic rings. The molecule has 2 aromatic carbocycles. The summed E-state index contributed by atoms with van der Waals surface area (Å²) in [6.07, 6.45) is 5.35. The van der Waals surface area contributed by atoms with Crippen molar-refractivity contribution in [3.05, 3.63) is 53.9 Å². The van der Waals surface area contributed by atoms with Crippen molar-refractivity contribution < 1.29 is 9.53 Å². The molecular formula is C24H30Cl2N4O2. The normalized spacial score (nSPS) is 19.3. The molecule has 6 nitrogen and oxygen atoms in total. The zero-order chi connectivity index (χ0) is 20.6. The van der Waals surface area contributed by atoms with E-state index in [0.29, 0.717) is 17.5 Å². The van der Waals surface area contributed by atoms with Crippen molar-refractivity contribution in [2.24, 2.45) is 5.41 Å². The van der Waals surface area contributed by atoms with Crippen LogP contribution in [0.2, 0.25) is 0 Å². The van der Waals surface area contributed by atoms with Gasteiger partial charge >= 0.3 is 0 Å². The van der Waals surface area contributed by atoms with E-state index in [1.54, 1.807) is 0 Å². The fourth-order valence-electron chi connectivity index (χ4n) is 4.84. The second kappa shape index (κ2) is 10.2. The Morgan fingerprint density at radius 3 is 2.66 bits per heavy atom. The molecule has 1 amide bonds. The predicted octanol–water partition coefficient (Wildman–Crippen LogP) is 4.27. The Bertz CT molecular complexity index is 1080. The van der Waals surface area contributed by atoms with Crippen LogP contribution >= 0.6 is 24.8 Å². The Morgan fingerprint density at radius 1 is 1.16 bits per heavy atom. The van der Waals surface area contributed by atoms with E-state index in [1.807, 2.05) is 31.3 Å². The predicted molar refractivity (Wildman–Crippen MR) is 132 cm³/mol. The Kier molecular flexibility index (Phi) is 7.83. The largest absolute Gasteiger partial charge is 0.376 e. The highest BCUT2D eigenvalue weighted by molar-refractivity contribution is 5.99. The van der Waals surface area contributed by atoms with Gasteiger partial charge in [-0.3, -0.25) is 9.89 Å². The maximum absolute atomic E-state index is 12.7. The van der Waals surface area contributed by atoms with Crippen molar-refractivity contribution in [2.75, 3.05) is 26.2 Å². The van der Waals surface area contributed by atoms with Gasteiger partial charge in [0.2, 0.25) is 0 Å². The summed E-state index contributed by atoms with van der Waals surface area (Å²) >= 11 is 0. The van der Waals surface area contributed by atoms with Crippen LogP contribution in [0.15, 0.2) is 42.6 Å². The number of aromatic amines is 1. The number of benzene rings is 2. The van der Waals surface area contributed by atoms with E-state index in [4.69, 9.17) is 4.74 Å². The monoisotopic (exact) mass is 476 g/mol. The summed E-state index contributed by atoms with van der Waals surface area (Å²) < 4.78 is 6.01. The molecule has 1 spiro atoms. The van der Waals surface area contributed by atoms with E-state index >= 15 is 0 Å². The molecule has 0 radical (unpaired) electrons. The minimum Gasteiger partial charge on any atom is -0.376 e. The highest BCUT2D eigenvalue weighted by Gasteiger charge is 2.40. The lowest BCUT2D eigenvalue weighted by Crippen LogP contribution is -2.38. The second-order valence-electron chi connectivity index (χ2n) is 8.78. The van der Waals surface area contributed by atoms with E-state index < -0.39 is 0 Å². The molecule has 3 N–H and O–H groups in total. The molecule has 5 rings (SSSR count). The molecule has 0 saturated carbocycles. The highest BCUT2D eigenvalue weighted by atomic mass is 35.5. The molecule has 2 saturated heterocycles. The summed E-state index contributed by atoms with van der Waals surface area (Å²) in [6.45, 7) is 5.55. The SMILES string of the molecule is Cc1[nH]ncc1-c1ccc2cc(C(=O)NCC3CC4(CCNCC4)CO3)ccc2c1.Cl.Cl. The van der Waals surface area contributed by atoms with Gasteiger partial charge in [-0.15, -0.1) is 24.8 Å². The van der Waals surface area contributed by atoms with Gasteiger partial charge in [0.15, 0.2) is 0 Å². The number of hydrogen-bond donors (Lipinski definition) is 3. The van der Waals surface area contributed by atoms with Crippen molar-refractivity contribution in [3.8, 4) is 11.1 Å². The summed E-state index contributed by atoms with van der Waals surface area (Å²) in [5.74, 6) is -0.0403. The molecule has 0 aliphatic carbocycles. The number of piperidine rings is 1. The van der Waals surface area contributed by atoms with Crippen molar-refractivity contribution in [1.29, 1.82) is 0 Å².